The van der Waals surface area contributed by atoms with Gasteiger partial charge in [-0.25, -0.2) is 0 Å². The second-order valence-electron chi connectivity index (χ2n) is 6.93. The number of nitrogens with zero attached hydrogens (tertiary/aromatic N) is 2. The molecule has 1 aromatic carbocycles. The molecule has 2 heterocycles. The van der Waals surface area contributed by atoms with Gasteiger partial charge in [0.1, 0.15) is 0 Å². The molecule has 128 valence electrons. The topological polar surface area (TPSA) is 35.9 Å². The Labute approximate surface area is 140 Å². The summed E-state index contributed by atoms with van der Waals surface area (Å²) in [5.74, 6) is 0.286. The second-order valence-corrected chi connectivity index (χ2v) is 6.93. The molecule has 0 aliphatic carbocycles. The van der Waals surface area contributed by atoms with Crippen molar-refractivity contribution in [2.24, 2.45) is 5.92 Å². The third-order valence-electron chi connectivity index (χ3n) is 5.26. The maximum Gasteiger partial charge on any atom is 0.0593 e. The van der Waals surface area contributed by atoms with Gasteiger partial charge in [-0.05, 0) is 37.9 Å². The summed E-state index contributed by atoms with van der Waals surface area (Å²) in [7, 11) is 0. The van der Waals surface area contributed by atoms with E-state index in [9.17, 15) is 5.11 Å². The van der Waals surface area contributed by atoms with E-state index in [1.54, 1.807) is 0 Å². The first-order chi connectivity index (χ1) is 11.3. The summed E-state index contributed by atoms with van der Waals surface area (Å²) in [6, 6.07) is 11.4. The average Bonchev–Trinajstić information content (AvgIpc) is 2.87. The van der Waals surface area contributed by atoms with Crippen molar-refractivity contribution in [3.05, 3.63) is 35.9 Å². The zero-order valence-electron chi connectivity index (χ0n) is 14.1. The average molecular weight is 318 g/mol. The number of aliphatic hydroxyl groups excluding tert-OH is 1. The minimum absolute atomic E-state index is 0.242. The Kier molecular flexibility index (Phi) is 6.46. The van der Waals surface area contributed by atoms with Gasteiger partial charge >= 0.3 is 0 Å². The number of hydrogen-bond acceptors (Lipinski definition) is 4. The third kappa shape index (κ3) is 5.01. The second kappa shape index (κ2) is 8.78. The van der Waals surface area contributed by atoms with Crippen LogP contribution < -0.4 is 0 Å². The third-order valence-corrected chi connectivity index (χ3v) is 5.26. The van der Waals surface area contributed by atoms with E-state index in [-0.39, 0.29) is 12.5 Å². The molecule has 23 heavy (non-hydrogen) atoms. The summed E-state index contributed by atoms with van der Waals surface area (Å²) in [5.41, 5.74) is 1.44. The molecule has 0 aromatic heterocycles. The van der Waals surface area contributed by atoms with E-state index in [2.05, 4.69) is 40.1 Å². The van der Waals surface area contributed by atoms with E-state index < -0.39 is 0 Å². The highest BCUT2D eigenvalue weighted by atomic mass is 16.5. The summed E-state index contributed by atoms with van der Waals surface area (Å²) < 4.78 is 5.62. The number of benzene rings is 1. The van der Waals surface area contributed by atoms with Crippen LogP contribution in [0.3, 0.4) is 0 Å². The maximum atomic E-state index is 9.44. The van der Waals surface area contributed by atoms with Crippen LogP contribution in [0.1, 0.15) is 18.4 Å². The summed E-state index contributed by atoms with van der Waals surface area (Å²) in [4.78, 5) is 5.16. The predicted octanol–water partition coefficient (Wildman–Crippen LogP) is 1.63. The highest BCUT2D eigenvalue weighted by Crippen LogP contribution is 2.19. The van der Waals surface area contributed by atoms with Gasteiger partial charge in [0.15, 0.2) is 0 Å². The number of hydrogen-bond donors (Lipinski definition) is 1. The van der Waals surface area contributed by atoms with Crippen molar-refractivity contribution < 1.29 is 9.84 Å². The highest BCUT2D eigenvalue weighted by molar-refractivity contribution is 5.14. The fraction of sp³-hybridized carbons (Fsp3) is 0.684. The van der Waals surface area contributed by atoms with Crippen LogP contribution in [0, 0.1) is 5.92 Å². The zero-order chi connectivity index (χ0) is 15.9. The first-order valence-electron chi connectivity index (χ1n) is 9.04. The summed E-state index contributed by atoms with van der Waals surface area (Å²) in [6.07, 6.45) is 3.63. The van der Waals surface area contributed by atoms with Crippen LogP contribution in [0.15, 0.2) is 30.3 Å². The summed E-state index contributed by atoms with van der Waals surface area (Å²) >= 11 is 0. The minimum atomic E-state index is 0.242. The molecular weight excluding hydrogens is 288 g/mol. The standard InChI is InChI=1S/C19H30N2O2/c22-15-18-14-21(12-13-23-16-18)19-7-10-20(11-8-19)9-6-17-4-2-1-3-5-17/h1-5,18-19,22H,6-16H2. The molecule has 0 bridgehead atoms. The molecule has 4 heteroatoms. The molecule has 2 aliphatic heterocycles. The fourth-order valence-electron chi connectivity index (χ4n) is 3.79. The maximum absolute atomic E-state index is 9.44. The van der Waals surface area contributed by atoms with Crippen LogP contribution in [0.25, 0.3) is 0 Å². The van der Waals surface area contributed by atoms with Crippen LogP contribution in [0.5, 0.6) is 0 Å². The van der Waals surface area contributed by atoms with Crippen LogP contribution in [-0.4, -0.2) is 73.5 Å². The quantitative estimate of drug-likeness (QED) is 0.895. The fourth-order valence-corrected chi connectivity index (χ4v) is 3.79. The lowest BCUT2D eigenvalue weighted by molar-refractivity contribution is 0.0916. The van der Waals surface area contributed by atoms with Crippen molar-refractivity contribution in [2.45, 2.75) is 25.3 Å². The van der Waals surface area contributed by atoms with Crippen LogP contribution in [0.4, 0.5) is 0 Å². The van der Waals surface area contributed by atoms with Gasteiger partial charge in [0.25, 0.3) is 0 Å². The lowest BCUT2D eigenvalue weighted by Gasteiger charge is -2.38. The number of ether oxygens (including phenoxy) is 1. The molecule has 4 nitrogen and oxygen atoms in total. The lowest BCUT2D eigenvalue weighted by atomic mass is 10.0. The van der Waals surface area contributed by atoms with Gasteiger partial charge in [0, 0.05) is 38.2 Å². The minimum Gasteiger partial charge on any atom is -0.396 e. The van der Waals surface area contributed by atoms with E-state index in [1.807, 2.05) is 0 Å². The predicted molar refractivity (Wildman–Crippen MR) is 92.6 cm³/mol. The van der Waals surface area contributed by atoms with Crippen molar-refractivity contribution in [1.29, 1.82) is 0 Å². The van der Waals surface area contributed by atoms with Crippen LogP contribution >= 0.6 is 0 Å². The summed E-state index contributed by atoms with van der Waals surface area (Å²) in [5, 5.41) is 9.44. The lowest BCUT2D eigenvalue weighted by Crippen LogP contribution is -2.47. The molecule has 1 atom stereocenters. The van der Waals surface area contributed by atoms with Crippen LogP contribution in [0.2, 0.25) is 0 Å². The number of piperidine rings is 1. The Hall–Kier alpha value is -0.940. The van der Waals surface area contributed by atoms with Crippen LogP contribution in [-0.2, 0) is 11.2 Å². The van der Waals surface area contributed by atoms with E-state index in [1.165, 1.54) is 38.0 Å². The first kappa shape index (κ1) is 16.9. The molecule has 3 rings (SSSR count). The van der Waals surface area contributed by atoms with Crippen molar-refractivity contribution >= 4 is 0 Å². The largest absolute Gasteiger partial charge is 0.396 e. The number of rotatable bonds is 5. The number of aliphatic hydroxyl groups is 1. The SMILES string of the molecule is OCC1COCCN(C2CCN(CCc3ccccc3)CC2)C1. The molecule has 0 amide bonds. The Bertz CT molecular complexity index is 446. The van der Waals surface area contributed by atoms with Gasteiger partial charge in [0.05, 0.1) is 13.2 Å². The molecule has 0 saturated carbocycles. The van der Waals surface area contributed by atoms with Crippen molar-refractivity contribution in [2.75, 3.05) is 52.5 Å². The van der Waals surface area contributed by atoms with E-state index in [4.69, 9.17) is 4.74 Å². The molecule has 2 fully saturated rings. The van der Waals surface area contributed by atoms with Gasteiger partial charge in [-0.1, -0.05) is 30.3 Å². The monoisotopic (exact) mass is 318 g/mol. The number of likely N-dealkylation sites (tertiary alicyclic amines) is 1. The Balaban J connectivity index is 1.42. The van der Waals surface area contributed by atoms with Crippen molar-refractivity contribution in [3.8, 4) is 0 Å². The molecule has 1 aromatic rings. The van der Waals surface area contributed by atoms with E-state index >= 15 is 0 Å². The van der Waals surface area contributed by atoms with Gasteiger partial charge < -0.3 is 14.7 Å². The first-order valence-corrected chi connectivity index (χ1v) is 9.04. The Morgan fingerprint density at radius 3 is 2.61 bits per heavy atom. The summed E-state index contributed by atoms with van der Waals surface area (Å²) in [6.45, 7) is 7.33. The van der Waals surface area contributed by atoms with Gasteiger partial charge in [-0.3, -0.25) is 4.90 Å². The molecular formula is C19H30N2O2. The van der Waals surface area contributed by atoms with Gasteiger partial charge in [-0.2, -0.15) is 0 Å². The molecule has 0 radical (unpaired) electrons. The molecule has 1 unspecified atom stereocenters. The molecule has 1 N–H and O–H groups in total. The Morgan fingerprint density at radius 2 is 1.87 bits per heavy atom. The normalized spacial score (nSPS) is 25.3. The Morgan fingerprint density at radius 1 is 1.09 bits per heavy atom. The highest BCUT2D eigenvalue weighted by Gasteiger charge is 2.27. The van der Waals surface area contributed by atoms with Gasteiger partial charge in [-0.15, -0.1) is 0 Å². The van der Waals surface area contributed by atoms with Crippen molar-refractivity contribution in [1.82, 2.24) is 9.80 Å². The molecule has 2 aliphatic rings. The van der Waals surface area contributed by atoms with Gasteiger partial charge in [0.2, 0.25) is 0 Å². The smallest absolute Gasteiger partial charge is 0.0593 e. The zero-order valence-corrected chi connectivity index (χ0v) is 14.1. The van der Waals surface area contributed by atoms with E-state index in [0.717, 1.165) is 26.1 Å². The molecule has 0 spiro atoms. The molecule has 2 saturated heterocycles. The van der Waals surface area contributed by atoms with E-state index in [0.29, 0.717) is 12.6 Å². The van der Waals surface area contributed by atoms with Crippen molar-refractivity contribution in [3.63, 3.8) is 0 Å².